The number of urea groups is 1. The highest BCUT2D eigenvalue weighted by molar-refractivity contribution is 7.10. The summed E-state index contributed by atoms with van der Waals surface area (Å²) in [6, 6.07) is 4.73. The Bertz CT molecular complexity index is 392. The fourth-order valence-corrected chi connectivity index (χ4v) is 2.88. The first kappa shape index (κ1) is 18.0. The van der Waals surface area contributed by atoms with E-state index >= 15 is 0 Å². The second kappa shape index (κ2) is 9.79. The third-order valence-corrected chi connectivity index (χ3v) is 4.69. The fourth-order valence-electron chi connectivity index (χ4n) is 2.02. The zero-order valence-corrected chi connectivity index (χ0v) is 14.5. The standard InChI is InChI=1S/C16H29N3OS/c1-5-14(15-9-8-12-21-15)18-16(20)17-10-6-7-11-19(4)13(2)3/h8-9,12-14H,5-7,10-11H2,1-4H3,(H2,17,18,20). The average molecular weight is 311 g/mol. The van der Waals surface area contributed by atoms with Gasteiger partial charge in [-0.2, -0.15) is 0 Å². The summed E-state index contributed by atoms with van der Waals surface area (Å²) in [5.41, 5.74) is 0. The first-order valence-corrected chi connectivity index (χ1v) is 8.70. The maximum atomic E-state index is 11.9. The molecule has 2 N–H and O–H groups in total. The zero-order chi connectivity index (χ0) is 15.7. The van der Waals surface area contributed by atoms with E-state index in [0.717, 1.165) is 32.4 Å². The predicted octanol–water partition coefficient (Wildman–Crippen LogP) is 3.62. The van der Waals surface area contributed by atoms with Crippen LogP contribution in [0.4, 0.5) is 4.79 Å². The minimum atomic E-state index is -0.0625. The second-order valence-corrected chi connectivity index (χ2v) is 6.64. The molecular formula is C16H29N3OS. The maximum absolute atomic E-state index is 11.9. The molecule has 1 aromatic heterocycles. The van der Waals surface area contributed by atoms with Crippen molar-refractivity contribution in [1.29, 1.82) is 0 Å². The third-order valence-electron chi connectivity index (χ3n) is 3.70. The molecule has 0 saturated carbocycles. The lowest BCUT2D eigenvalue weighted by molar-refractivity contribution is 0.235. The Balaban J connectivity index is 2.16. The molecule has 0 aliphatic rings. The third kappa shape index (κ3) is 6.96. The predicted molar refractivity (Wildman–Crippen MR) is 90.9 cm³/mol. The summed E-state index contributed by atoms with van der Waals surface area (Å²) in [5.74, 6) is 0. The summed E-state index contributed by atoms with van der Waals surface area (Å²) >= 11 is 1.69. The van der Waals surface area contributed by atoms with E-state index in [1.165, 1.54) is 4.88 Å². The monoisotopic (exact) mass is 311 g/mol. The molecular weight excluding hydrogens is 282 g/mol. The molecule has 21 heavy (non-hydrogen) atoms. The Morgan fingerprint density at radius 3 is 2.71 bits per heavy atom. The fraction of sp³-hybridized carbons (Fsp3) is 0.688. The highest BCUT2D eigenvalue weighted by Gasteiger charge is 2.12. The first-order valence-electron chi connectivity index (χ1n) is 7.82. The molecule has 1 heterocycles. The van der Waals surface area contributed by atoms with Gasteiger partial charge >= 0.3 is 6.03 Å². The van der Waals surface area contributed by atoms with Gasteiger partial charge in [-0.1, -0.05) is 13.0 Å². The van der Waals surface area contributed by atoms with Crippen molar-refractivity contribution >= 4 is 17.4 Å². The number of nitrogens with zero attached hydrogens (tertiary/aromatic N) is 1. The minimum absolute atomic E-state index is 0.0625. The van der Waals surface area contributed by atoms with Crippen molar-refractivity contribution in [2.75, 3.05) is 20.1 Å². The van der Waals surface area contributed by atoms with Crippen molar-refractivity contribution < 1.29 is 4.79 Å². The minimum Gasteiger partial charge on any atom is -0.338 e. The molecule has 1 aromatic rings. The van der Waals surface area contributed by atoms with Crippen LogP contribution in [0.5, 0.6) is 0 Å². The second-order valence-electron chi connectivity index (χ2n) is 5.66. The number of hydrogen-bond donors (Lipinski definition) is 2. The Kier molecular flexibility index (Phi) is 8.38. The normalized spacial score (nSPS) is 12.7. The number of carbonyl (C=O) groups excluding carboxylic acids is 1. The molecule has 0 fully saturated rings. The average Bonchev–Trinajstić information content (AvgIpc) is 2.98. The smallest absolute Gasteiger partial charge is 0.315 e. The number of amides is 2. The topological polar surface area (TPSA) is 44.4 Å². The van der Waals surface area contributed by atoms with Gasteiger partial charge in [-0.25, -0.2) is 4.79 Å². The lowest BCUT2D eigenvalue weighted by Gasteiger charge is -2.20. The molecule has 0 spiro atoms. The van der Waals surface area contributed by atoms with Crippen molar-refractivity contribution in [3.05, 3.63) is 22.4 Å². The molecule has 1 unspecified atom stereocenters. The molecule has 1 atom stereocenters. The Morgan fingerprint density at radius 1 is 1.38 bits per heavy atom. The molecule has 4 nitrogen and oxygen atoms in total. The van der Waals surface area contributed by atoms with Crippen molar-refractivity contribution in [2.45, 2.75) is 52.1 Å². The van der Waals surface area contributed by atoms with E-state index in [1.807, 2.05) is 11.4 Å². The lowest BCUT2D eigenvalue weighted by atomic mass is 10.2. The van der Waals surface area contributed by atoms with Crippen LogP contribution in [0, 0.1) is 0 Å². The number of hydrogen-bond acceptors (Lipinski definition) is 3. The zero-order valence-electron chi connectivity index (χ0n) is 13.7. The quantitative estimate of drug-likeness (QED) is 0.684. The van der Waals surface area contributed by atoms with E-state index in [0.29, 0.717) is 6.04 Å². The molecule has 0 saturated heterocycles. The number of unbranched alkanes of at least 4 members (excludes halogenated alkanes) is 1. The highest BCUT2D eigenvalue weighted by atomic mass is 32.1. The molecule has 0 radical (unpaired) electrons. The number of carbonyl (C=O) groups is 1. The van der Waals surface area contributed by atoms with Gasteiger partial charge in [0.2, 0.25) is 0 Å². The highest BCUT2D eigenvalue weighted by Crippen LogP contribution is 2.21. The summed E-state index contributed by atoms with van der Waals surface area (Å²) < 4.78 is 0. The van der Waals surface area contributed by atoms with Crippen molar-refractivity contribution in [2.24, 2.45) is 0 Å². The molecule has 5 heteroatoms. The van der Waals surface area contributed by atoms with E-state index in [2.05, 4.69) is 49.4 Å². The van der Waals surface area contributed by atoms with Crippen molar-refractivity contribution in [3.8, 4) is 0 Å². The van der Waals surface area contributed by atoms with Crippen molar-refractivity contribution in [1.82, 2.24) is 15.5 Å². The maximum Gasteiger partial charge on any atom is 0.315 e. The van der Waals surface area contributed by atoms with E-state index in [9.17, 15) is 4.79 Å². The van der Waals surface area contributed by atoms with Gasteiger partial charge in [0, 0.05) is 17.5 Å². The van der Waals surface area contributed by atoms with E-state index in [4.69, 9.17) is 0 Å². The molecule has 0 aromatic carbocycles. The van der Waals surface area contributed by atoms with E-state index in [1.54, 1.807) is 11.3 Å². The van der Waals surface area contributed by atoms with Crippen LogP contribution >= 0.6 is 11.3 Å². The Labute approximate surface area is 132 Å². The van der Waals surface area contributed by atoms with Crippen LogP contribution in [0.1, 0.15) is 51.0 Å². The van der Waals surface area contributed by atoms with Crippen LogP contribution in [0.25, 0.3) is 0 Å². The van der Waals surface area contributed by atoms with Gasteiger partial charge in [0.25, 0.3) is 0 Å². The number of nitrogens with one attached hydrogen (secondary N) is 2. The Hall–Kier alpha value is -1.07. The summed E-state index contributed by atoms with van der Waals surface area (Å²) in [7, 11) is 2.14. The van der Waals surface area contributed by atoms with Crippen LogP contribution < -0.4 is 10.6 Å². The van der Waals surface area contributed by atoms with E-state index in [-0.39, 0.29) is 12.1 Å². The van der Waals surface area contributed by atoms with Crippen LogP contribution in [0.3, 0.4) is 0 Å². The van der Waals surface area contributed by atoms with Gasteiger partial charge in [-0.05, 0) is 58.1 Å². The number of thiophene rings is 1. The molecule has 0 aliphatic carbocycles. The molecule has 0 aliphatic heterocycles. The molecule has 1 rings (SSSR count). The number of rotatable bonds is 9. The summed E-state index contributed by atoms with van der Waals surface area (Å²) in [6.07, 6.45) is 3.03. The molecule has 0 bridgehead atoms. The van der Waals surface area contributed by atoms with E-state index < -0.39 is 0 Å². The summed E-state index contributed by atoms with van der Waals surface area (Å²) in [6.45, 7) is 8.29. The van der Waals surface area contributed by atoms with Gasteiger partial charge in [0.1, 0.15) is 0 Å². The largest absolute Gasteiger partial charge is 0.338 e. The molecule has 120 valence electrons. The molecule has 2 amide bonds. The van der Waals surface area contributed by atoms with Gasteiger partial charge in [-0.3, -0.25) is 0 Å². The first-order chi connectivity index (χ1) is 10.0. The SMILES string of the molecule is CCC(NC(=O)NCCCCN(C)C(C)C)c1cccs1. The Morgan fingerprint density at radius 2 is 2.14 bits per heavy atom. The van der Waals surface area contributed by atoms with Crippen LogP contribution in [0.2, 0.25) is 0 Å². The summed E-state index contributed by atoms with van der Waals surface area (Å²) in [5, 5.41) is 8.03. The van der Waals surface area contributed by atoms with Gasteiger partial charge in [-0.15, -0.1) is 11.3 Å². The summed E-state index contributed by atoms with van der Waals surface area (Å²) in [4.78, 5) is 15.4. The van der Waals surface area contributed by atoms with Crippen LogP contribution in [-0.4, -0.2) is 37.1 Å². The van der Waals surface area contributed by atoms with Gasteiger partial charge in [0.05, 0.1) is 6.04 Å². The van der Waals surface area contributed by atoms with Crippen molar-refractivity contribution in [3.63, 3.8) is 0 Å². The lowest BCUT2D eigenvalue weighted by Crippen LogP contribution is -2.38. The van der Waals surface area contributed by atoms with Crippen LogP contribution in [0.15, 0.2) is 17.5 Å². The van der Waals surface area contributed by atoms with Gasteiger partial charge in [0.15, 0.2) is 0 Å². The van der Waals surface area contributed by atoms with Gasteiger partial charge < -0.3 is 15.5 Å². The van der Waals surface area contributed by atoms with Crippen LogP contribution in [-0.2, 0) is 0 Å².